The molecule has 1 N–H and O–H groups in total. The molecule has 104 valence electrons. The lowest BCUT2D eigenvalue weighted by molar-refractivity contribution is -0.133. The topological polar surface area (TPSA) is 72.2 Å². The van der Waals surface area contributed by atoms with E-state index in [4.69, 9.17) is 5.11 Å². The average Bonchev–Trinajstić information content (AvgIpc) is 2.68. The average molecular weight is 282 g/mol. The van der Waals surface area contributed by atoms with E-state index in [0.29, 0.717) is 5.16 Å². The Labute approximate surface area is 116 Å². The van der Waals surface area contributed by atoms with Crippen molar-refractivity contribution in [3.8, 4) is 0 Å². The molecule has 1 fully saturated rings. The summed E-state index contributed by atoms with van der Waals surface area (Å²) in [6.07, 6.45) is 1.72. The van der Waals surface area contributed by atoms with Gasteiger partial charge in [0, 0.05) is 18.3 Å². The molecule has 2 rings (SSSR count). The monoisotopic (exact) mass is 282 g/mol. The molecule has 0 unspecified atom stereocenters. The maximum Gasteiger partial charge on any atom is 0.313 e. The molecular weight excluding hydrogens is 264 g/mol. The number of carboxylic acid groups (broad SMARTS) is 1. The zero-order valence-corrected chi connectivity index (χ0v) is 12.3. The number of aliphatic carboxylic acids is 1. The Hall–Kier alpha value is -1.30. The predicted molar refractivity (Wildman–Crippen MR) is 73.5 cm³/mol. The minimum absolute atomic E-state index is 0.0932. The van der Waals surface area contributed by atoms with Gasteiger partial charge in [-0.05, 0) is 10.8 Å². The standard InChI is InChI=1S/C13H18N2O3S/c1-12(2)10(13(12,3)4)15-6-5-8(16)14-11(15)19-7-9(17)18/h5-6,10H,7H2,1-4H3,(H,17,18). The van der Waals surface area contributed by atoms with E-state index in [1.807, 2.05) is 4.57 Å². The SMILES string of the molecule is CC1(C)C(n2ccc(=O)nc2SCC(=O)O)C1(C)C. The summed E-state index contributed by atoms with van der Waals surface area (Å²) < 4.78 is 1.94. The van der Waals surface area contributed by atoms with Crippen molar-refractivity contribution >= 4 is 17.7 Å². The van der Waals surface area contributed by atoms with E-state index in [0.717, 1.165) is 11.8 Å². The van der Waals surface area contributed by atoms with Gasteiger partial charge >= 0.3 is 5.97 Å². The van der Waals surface area contributed by atoms with Crippen LogP contribution in [0.2, 0.25) is 0 Å². The minimum Gasteiger partial charge on any atom is -0.481 e. The van der Waals surface area contributed by atoms with E-state index in [9.17, 15) is 9.59 Å². The molecule has 0 aliphatic heterocycles. The molecule has 19 heavy (non-hydrogen) atoms. The minimum atomic E-state index is -0.913. The molecule has 1 aliphatic carbocycles. The van der Waals surface area contributed by atoms with Gasteiger partial charge in [0.1, 0.15) is 0 Å². The molecule has 5 nitrogen and oxygen atoms in total. The predicted octanol–water partition coefficient (Wildman–Crippen LogP) is 2.03. The van der Waals surface area contributed by atoms with Gasteiger partial charge in [-0.1, -0.05) is 39.5 Å². The van der Waals surface area contributed by atoms with Crippen LogP contribution >= 0.6 is 11.8 Å². The van der Waals surface area contributed by atoms with Crippen LogP contribution in [0.1, 0.15) is 33.7 Å². The first-order valence-corrected chi connectivity index (χ1v) is 7.10. The van der Waals surface area contributed by atoms with Gasteiger partial charge in [-0.3, -0.25) is 9.59 Å². The summed E-state index contributed by atoms with van der Waals surface area (Å²) in [7, 11) is 0. The Balaban J connectivity index is 2.36. The number of hydrogen-bond acceptors (Lipinski definition) is 4. The first kappa shape index (κ1) is 14.1. The highest BCUT2D eigenvalue weighted by Gasteiger charge is 2.66. The third kappa shape index (κ3) is 2.29. The molecule has 1 aliphatic rings. The molecule has 1 saturated carbocycles. The van der Waals surface area contributed by atoms with Gasteiger partial charge in [0.05, 0.1) is 5.75 Å². The molecule has 1 heterocycles. The van der Waals surface area contributed by atoms with Crippen LogP contribution in [0.25, 0.3) is 0 Å². The lowest BCUT2D eigenvalue weighted by atomic mass is 10.0. The fourth-order valence-electron chi connectivity index (χ4n) is 2.68. The van der Waals surface area contributed by atoms with Crippen molar-refractivity contribution in [2.45, 2.75) is 38.9 Å². The smallest absolute Gasteiger partial charge is 0.313 e. The molecule has 0 aromatic carbocycles. The molecule has 0 atom stereocenters. The van der Waals surface area contributed by atoms with Crippen molar-refractivity contribution in [3.63, 3.8) is 0 Å². The lowest BCUT2D eigenvalue weighted by Crippen LogP contribution is -2.15. The number of carbonyl (C=O) groups is 1. The van der Waals surface area contributed by atoms with Crippen LogP contribution in [-0.4, -0.2) is 26.4 Å². The second-order valence-electron chi connectivity index (χ2n) is 5.98. The molecule has 0 radical (unpaired) electrons. The Morgan fingerprint density at radius 2 is 2.00 bits per heavy atom. The number of carboxylic acids is 1. The molecule has 0 saturated heterocycles. The largest absolute Gasteiger partial charge is 0.481 e. The highest BCUT2D eigenvalue weighted by molar-refractivity contribution is 7.99. The Kier molecular flexibility index (Phi) is 3.24. The Bertz CT molecular complexity index is 563. The fraction of sp³-hybridized carbons (Fsp3) is 0.615. The zero-order valence-electron chi connectivity index (χ0n) is 11.5. The summed E-state index contributed by atoms with van der Waals surface area (Å²) in [5.41, 5.74) is -0.134. The third-order valence-electron chi connectivity index (χ3n) is 4.35. The number of hydrogen-bond donors (Lipinski definition) is 1. The van der Waals surface area contributed by atoms with E-state index < -0.39 is 5.97 Å². The van der Waals surface area contributed by atoms with Crippen molar-refractivity contribution in [2.75, 3.05) is 5.75 Å². The summed E-state index contributed by atoms with van der Waals surface area (Å²) in [6.45, 7) is 8.67. The van der Waals surface area contributed by atoms with E-state index in [-0.39, 0.29) is 28.2 Å². The quantitative estimate of drug-likeness (QED) is 0.675. The lowest BCUT2D eigenvalue weighted by Gasteiger charge is -2.12. The van der Waals surface area contributed by atoms with Crippen LogP contribution in [0.3, 0.4) is 0 Å². The molecule has 0 spiro atoms. The van der Waals surface area contributed by atoms with Crippen molar-refractivity contribution in [1.29, 1.82) is 0 Å². The fourth-order valence-corrected chi connectivity index (χ4v) is 3.41. The molecule has 0 amide bonds. The first-order chi connectivity index (χ1) is 8.68. The van der Waals surface area contributed by atoms with E-state index in [1.165, 1.54) is 6.07 Å². The van der Waals surface area contributed by atoms with Gasteiger partial charge in [-0.2, -0.15) is 4.98 Å². The van der Waals surface area contributed by atoms with Crippen LogP contribution in [0.15, 0.2) is 22.2 Å². The van der Waals surface area contributed by atoms with E-state index >= 15 is 0 Å². The Morgan fingerprint density at radius 3 is 2.47 bits per heavy atom. The van der Waals surface area contributed by atoms with E-state index in [2.05, 4.69) is 32.7 Å². The van der Waals surface area contributed by atoms with Crippen LogP contribution in [0.5, 0.6) is 0 Å². The summed E-state index contributed by atoms with van der Waals surface area (Å²) in [6, 6.07) is 1.65. The number of thioether (sulfide) groups is 1. The second kappa shape index (κ2) is 4.37. The number of aromatic nitrogens is 2. The third-order valence-corrected chi connectivity index (χ3v) is 5.30. The van der Waals surface area contributed by atoms with Crippen molar-refractivity contribution in [3.05, 3.63) is 22.6 Å². The maximum atomic E-state index is 11.4. The molecule has 1 aromatic rings. The van der Waals surface area contributed by atoms with Gasteiger partial charge in [0.25, 0.3) is 5.56 Å². The van der Waals surface area contributed by atoms with Crippen LogP contribution in [0.4, 0.5) is 0 Å². The molecule has 6 heteroatoms. The highest BCUT2D eigenvalue weighted by atomic mass is 32.2. The van der Waals surface area contributed by atoms with Gasteiger partial charge in [-0.15, -0.1) is 0 Å². The van der Waals surface area contributed by atoms with Crippen molar-refractivity contribution in [1.82, 2.24) is 9.55 Å². The summed E-state index contributed by atoms with van der Waals surface area (Å²) in [4.78, 5) is 26.0. The molecule has 1 aromatic heterocycles. The maximum absolute atomic E-state index is 11.4. The van der Waals surface area contributed by atoms with Gasteiger partial charge in [0.2, 0.25) is 0 Å². The number of rotatable bonds is 4. The number of nitrogens with zero attached hydrogens (tertiary/aromatic N) is 2. The first-order valence-electron chi connectivity index (χ1n) is 6.11. The second-order valence-corrected chi connectivity index (χ2v) is 6.93. The van der Waals surface area contributed by atoms with Crippen LogP contribution < -0.4 is 5.56 Å². The normalized spacial score (nSPS) is 20.2. The van der Waals surface area contributed by atoms with Gasteiger partial charge in [0.15, 0.2) is 5.16 Å². The highest BCUT2D eigenvalue weighted by Crippen LogP contribution is 2.71. The summed E-state index contributed by atoms with van der Waals surface area (Å²) in [5.74, 6) is -1.01. The van der Waals surface area contributed by atoms with Crippen molar-refractivity contribution < 1.29 is 9.90 Å². The van der Waals surface area contributed by atoms with E-state index in [1.54, 1.807) is 6.20 Å². The van der Waals surface area contributed by atoms with Gasteiger partial charge < -0.3 is 9.67 Å². The summed E-state index contributed by atoms with van der Waals surface area (Å²) >= 11 is 1.09. The Morgan fingerprint density at radius 1 is 1.42 bits per heavy atom. The van der Waals surface area contributed by atoms with Gasteiger partial charge in [-0.25, -0.2) is 0 Å². The molecule has 0 bridgehead atoms. The van der Waals surface area contributed by atoms with Crippen LogP contribution in [-0.2, 0) is 4.79 Å². The van der Waals surface area contributed by atoms with Crippen molar-refractivity contribution in [2.24, 2.45) is 10.8 Å². The zero-order chi connectivity index (χ0) is 14.4. The summed E-state index contributed by atoms with van der Waals surface area (Å²) in [5, 5.41) is 9.24. The van der Waals surface area contributed by atoms with Crippen LogP contribution in [0, 0.1) is 10.8 Å². The molecular formula is C13H18N2O3S.